The first-order chi connectivity index (χ1) is 9.32. The van der Waals surface area contributed by atoms with Crippen LogP contribution in [-0.4, -0.2) is 15.0 Å². The van der Waals surface area contributed by atoms with Crippen molar-refractivity contribution in [2.75, 3.05) is 0 Å². The Labute approximate surface area is 119 Å². The van der Waals surface area contributed by atoms with E-state index in [1.807, 2.05) is 27.7 Å². The summed E-state index contributed by atoms with van der Waals surface area (Å²) in [5.74, 6) is 0.820. The summed E-state index contributed by atoms with van der Waals surface area (Å²) >= 11 is 0. The Hall–Kier alpha value is -1.58. The van der Waals surface area contributed by atoms with Crippen molar-refractivity contribution >= 4 is 10.9 Å². The topological polar surface area (TPSA) is 38.7 Å². The molecule has 0 aliphatic rings. The lowest BCUT2D eigenvalue weighted by Gasteiger charge is -2.15. The maximum Gasteiger partial charge on any atom is 0.171 e. The number of halogens is 1. The average molecular weight is 275 g/mol. The Bertz CT molecular complexity index is 633. The van der Waals surface area contributed by atoms with Crippen LogP contribution in [0.15, 0.2) is 6.20 Å². The first-order valence-electron chi connectivity index (χ1n) is 7.18. The van der Waals surface area contributed by atoms with Crippen molar-refractivity contribution in [1.29, 1.82) is 0 Å². The number of aromatic nitrogens is 3. The molecule has 3 nitrogen and oxygen atoms in total. The van der Waals surface area contributed by atoms with Gasteiger partial charge in [0.25, 0.3) is 0 Å². The van der Waals surface area contributed by atoms with E-state index in [4.69, 9.17) is 0 Å². The average Bonchev–Trinajstić information content (AvgIpc) is 2.37. The fourth-order valence-electron chi connectivity index (χ4n) is 2.21. The lowest BCUT2D eigenvalue weighted by atomic mass is 10.0. The van der Waals surface area contributed by atoms with Crippen LogP contribution in [0.4, 0.5) is 4.39 Å². The molecule has 2 aromatic rings. The Morgan fingerprint density at radius 1 is 0.850 bits per heavy atom. The molecule has 0 aromatic carbocycles. The van der Waals surface area contributed by atoms with Crippen LogP contribution in [0.5, 0.6) is 0 Å². The summed E-state index contributed by atoms with van der Waals surface area (Å²) in [6, 6.07) is 0. The SMILES string of the molecule is CC(C)c1nc(C(C)C)c2cnc(C(C)C)c(F)c2n1. The molecule has 2 heterocycles. The molecule has 0 saturated carbocycles. The van der Waals surface area contributed by atoms with Gasteiger partial charge in [-0.2, -0.15) is 0 Å². The number of hydrogen-bond acceptors (Lipinski definition) is 3. The van der Waals surface area contributed by atoms with E-state index in [0.717, 1.165) is 11.1 Å². The van der Waals surface area contributed by atoms with Crippen molar-refractivity contribution in [1.82, 2.24) is 15.0 Å². The highest BCUT2D eigenvalue weighted by molar-refractivity contribution is 5.81. The van der Waals surface area contributed by atoms with Crippen LogP contribution in [0, 0.1) is 5.82 Å². The third-order valence-corrected chi connectivity index (χ3v) is 3.37. The third kappa shape index (κ3) is 2.51. The van der Waals surface area contributed by atoms with Gasteiger partial charge < -0.3 is 0 Å². The molecule has 0 spiro atoms. The molecule has 0 saturated heterocycles. The molecule has 0 radical (unpaired) electrons. The monoisotopic (exact) mass is 275 g/mol. The molecule has 0 aliphatic carbocycles. The fraction of sp³-hybridized carbons (Fsp3) is 0.562. The zero-order chi connectivity index (χ0) is 15.0. The highest BCUT2D eigenvalue weighted by Gasteiger charge is 2.19. The summed E-state index contributed by atoms with van der Waals surface area (Å²) in [6.45, 7) is 12.0. The van der Waals surface area contributed by atoms with Gasteiger partial charge in [-0.05, 0) is 11.8 Å². The van der Waals surface area contributed by atoms with Crippen molar-refractivity contribution < 1.29 is 4.39 Å². The quantitative estimate of drug-likeness (QED) is 0.825. The lowest BCUT2D eigenvalue weighted by Crippen LogP contribution is -2.08. The van der Waals surface area contributed by atoms with E-state index in [1.165, 1.54) is 0 Å². The van der Waals surface area contributed by atoms with E-state index in [0.29, 0.717) is 17.0 Å². The van der Waals surface area contributed by atoms with Crippen molar-refractivity contribution in [3.8, 4) is 0 Å². The second kappa shape index (κ2) is 5.43. The van der Waals surface area contributed by atoms with Crippen molar-refractivity contribution in [2.24, 2.45) is 0 Å². The molecule has 0 amide bonds. The van der Waals surface area contributed by atoms with Crippen LogP contribution >= 0.6 is 0 Å². The minimum atomic E-state index is -0.302. The van der Waals surface area contributed by atoms with Crippen LogP contribution in [-0.2, 0) is 0 Å². The van der Waals surface area contributed by atoms with Gasteiger partial charge in [0.15, 0.2) is 5.82 Å². The summed E-state index contributed by atoms with van der Waals surface area (Å²) in [5, 5.41) is 0.728. The summed E-state index contributed by atoms with van der Waals surface area (Å²) in [6.07, 6.45) is 1.72. The number of nitrogens with zero attached hydrogens (tertiary/aromatic N) is 3. The zero-order valence-corrected chi connectivity index (χ0v) is 13.0. The van der Waals surface area contributed by atoms with Crippen LogP contribution in [0.3, 0.4) is 0 Å². The summed E-state index contributed by atoms with van der Waals surface area (Å²) in [7, 11) is 0. The molecule has 0 atom stereocenters. The Morgan fingerprint density at radius 3 is 1.95 bits per heavy atom. The lowest BCUT2D eigenvalue weighted by molar-refractivity contribution is 0.591. The summed E-state index contributed by atoms with van der Waals surface area (Å²) in [5.41, 5.74) is 1.76. The van der Waals surface area contributed by atoms with E-state index >= 15 is 0 Å². The first kappa shape index (κ1) is 14.8. The van der Waals surface area contributed by atoms with E-state index in [9.17, 15) is 4.39 Å². The molecule has 0 bridgehead atoms. The highest BCUT2D eigenvalue weighted by atomic mass is 19.1. The van der Waals surface area contributed by atoms with Gasteiger partial charge in [-0.15, -0.1) is 0 Å². The molecule has 0 aliphatic heterocycles. The molecule has 2 aromatic heterocycles. The van der Waals surface area contributed by atoms with Gasteiger partial charge in [-0.1, -0.05) is 41.5 Å². The van der Waals surface area contributed by atoms with Gasteiger partial charge in [-0.3, -0.25) is 4.98 Å². The highest BCUT2D eigenvalue weighted by Crippen LogP contribution is 2.28. The second-order valence-electron chi connectivity index (χ2n) is 6.15. The van der Waals surface area contributed by atoms with Crippen LogP contribution < -0.4 is 0 Å². The largest absolute Gasteiger partial charge is 0.257 e. The molecule has 0 fully saturated rings. The van der Waals surface area contributed by atoms with E-state index in [-0.39, 0.29) is 23.6 Å². The molecular weight excluding hydrogens is 253 g/mol. The Balaban J connectivity index is 2.83. The van der Waals surface area contributed by atoms with Crippen molar-refractivity contribution in [3.63, 3.8) is 0 Å². The second-order valence-corrected chi connectivity index (χ2v) is 6.15. The van der Waals surface area contributed by atoms with Gasteiger partial charge in [0.1, 0.15) is 11.3 Å². The normalized spacial score (nSPS) is 12.1. The van der Waals surface area contributed by atoms with E-state index < -0.39 is 0 Å². The molecule has 4 heteroatoms. The predicted molar refractivity (Wildman–Crippen MR) is 79.6 cm³/mol. The van der Waals surface area contributed by atoms with Crippen LogP contribution in [0.2, 0.25) is 0 Å². The predicted octanol–water partition coefficient (Wildman–Crippen LogP) is 4.53. The van der Waals surface area contributed by atoms with Gasteiger partial charge in [0.05, 0.1) is 11.4 Å². The fourth-order valence-corrected chi connectivity index (χ4v) is 2.21. The zero-order valence-electron chi connectivity index (χ0n) is 13.0. The Morgan fingerprint density at radius 2 is 1.45 bits per heavy atom. The van der Waals surface area contributed by atoms with Crippen molar-refractivity contribution in [2.45, 2.75) is 59.3 Å². The number of hydrogen-bond donors (Lipinski definition) is 0. The molecule has 20 heavy (non-hydrogen) atoms. The van der Waals surface area contributed by atoms with Gasteiger partial charge >= 0.3 is 0 Å². The minimum absolute atomic E-state index is 0.0411. The smallest absolute Gasteiger partial charge is 0.171 e. The molecular formula is C16H22FN3. The molecule has 0 N–H and O–H groups in total. The van der Waals surface area contributed by atoms with Gasteiger partial charge in [0.2, 0.25) is 0 Å². The van der Waals surface area contributed by atoms with Crippen LogP contribution in [0.1, 0.15) is 76.5 Å². The van der Waals surface area contributed by atoms with Gasteiger partial charge in [0, 0.05) is 17.5 Å². The standard InChI is InChI=1S/C16H22FN3/c1-8(2)13-11-7-18-14(9(3)4)12(17)15(11)20-16(19-13)10(5)6/h7-10H,1-6H3. The maximum absolute atomic E-state index is 14.7. The number of fused-ring (bicyclic) bond motifs is 1. The first-order valence-corrected chi connectivity index (χ1v) is 7.18. The Kier molecular flexibility index (Phi) is 4.02. The van der Waals surface area contributed by atoms with E-state index in [1.54, 1.807) is 6.20 Å². The molecule has 0 unspecified atom stereocenters. The van der Waals surface area contributed by atoms with Crippen molar-refractivity contribution in [3.05, 3.63) is 29.2 Å². The molecule has 2 rings (SSSR count). The summed E-state index contributed by atoms with van der Waals surface area (Å²) < 4.78 is 14.7. The number of rotatable bonds is 3. The van der Waals surface area contributed by atoms with E-state index in [2.05, 4.69) is 28.8 Å². The van der Waals surface area contributed by atoms with Crippen LogP contribution in [0.25, 0.3) is 10.9 Å². The van der Waals surface area contributed by atoms with Gasteiger partial charge in [-0.25, -0.2) is 14.4 Å². The maximum atomic E-state index is 14.7. The molecule has 108 valence electrons. The summed E-state index contributed by atoms with van der Waals surface area (Å²) in [4.78, 5) is 13.3. The minimum Gasteiger partial charge on any atom is -0.257 e. The third-order valence-electron chi connectivity index (χ3n) is 3.37. The number of pyridine rings is 1.